The van der Waals surface area contributed by atoms with Crippen molar-refractivity contribution in [2.45, 2.75) is 24.5 Å². The molecule has 0 spiro atoms. The summed E-state index contributed by atoms with van der Waals surface area (Å²) in [4.78, 5) is 17.9. The van der Waals surface area contributed by atoms with Crippen LogP contribution in [0.1, 0.15) is 29.2 Å². The molecule has 4 rings (SSSR count). The molecule has 1 heterocycles. The molecule has 0 aliphatic carbocycles. The lowest BCUT2D eigenvalue weighted by Crippen LogP contribution is -2.47. The first-order valence-electron chi connectivity index (χ1n) is 11.2. The van der Waals surface area contributed by atoms with Gasteiger partial charge in [-0.15, -0.1) is 0 Å². The molecule has 1 amide bonds. The first kappa shape index (κ1) is 24.8. The van der Waals surface area contributed by atoms with Gasteiger partial charge in [0.15, 0.2) is 11.6 Å². The molecule has 0 saturated heterocycles. The third-order valence-corrected chi connectivity index (χ3v) is 6.38. The van der Waals surface area contributed by atoms with Crippen LogP contribution in [0.3, 0.4) is 0 Å². The number of aliphatic hydroxyl groups is 1. The van der Waals surface area contributed by atoms with Gasteiger partial charge in [0.2, 0.25) is 11.8 Å². The maximum Gasteiger partial charge on any atom is 0.250 e. The fourth-order valence-electron chi connectivity index (χ4n) is 4.02. The highest BCUT2D eigenvalue weighted by atomic mass is 79.9. The minimum Gasteiger partial charge on any atom is -0.497 e. The van der Waals surface area contributed by atoms with Crippen LogP contribution in [-0.2, 0) is 16.0 Å². The van der Waals surface area contributed by atoms with Crippen LogP contribution in [0, 0.1) is 0 Å². The first-order valence-corrected chi connectivity index (χ1v) is 12.0. The topological polar surface area (TPSA) is 103 Å². The van der Waals surface area contributed by atoms with Gasteiger partial charge in [0.1, 0.15) is 11.5 Å². The standard InChI is InChI=1S/C27H27BrN2O5/c1-33-23-5-2-4-20(16-23)24-27(26(29)32,17-18-6-10-21(28)11-7-18)30-25(35-24)19-8-12-22(13-9-19)34-15-3-14-31/h2,4-13,16,24,31H,3,14-15,17H2,1H3,(H2,29,32)/t24-,27-/m1/s1. The van der Waals surface area contributed by atoms with Crippen molar-refractivity contribution < 1.29 is 24.1 Å². The number of carbonyl (C=O) groups is 1. The monoisotopic (exact) mass is 538 g/mol. The Morgan fingerprint density at radius 1 is 1.11 bits per heavy atom. The zero-order valence-electron chi connectivity index (χ0n) is 19.3. The van der Waals surface area contributed by atoms with Crippen LogP contribution < -0.4 is 15.2 Å². The number of aliphatic imine (C=N–C) groups is 1. The van der Waals surface area contributed by atoms with Crippen LogP contribution in [0.4, 0.5) is 0 Å². The van der Waals surface area contributed by atoms with E-state index in [1.54, 1.807) is 19.2 Å². The molecule has 0 unspecified atom stereocenters. The van der Waals surface area contributed by atoms with Gasteiger partial charge in [-0.2, -0.15) is 0 Å². The number of amides is 1. The van der Waals surface area contributed by atoms with Crippen molar-refractivity contribution in [2.24, 2.45) is 10.7 Å². The van der Waals surface area contributed by atoms with E-state index in [0.29, 0.717) is 36.0 Å². The molecular weight excluding hydrogens is 512 g/mol. The molecule has 1 aliphatic heterocycles. The molecule has 2 atom stereocenters. The molecule has 0 fully saturated rings. The highest BCUT2D eigenvalue weighted by Crippen LogP contribution is 2.43. The number of carbonyl (C=O) groups excluding carboxylic acids is 1. The molecule has 35 heavy (non-hydrogen) atoms. The Morgan fingerprint density at radius 2 is 1.86 bits per heavy atom. The number of ether oxygens (including phenoxy) is 3. The van der Waals surface area contributed by atoms with Crippen molar-refractivity contribution in [3.8, 4) is 11.5 Å². The minimum atomic E-state index is -1.36. The number of benzene rings is 3. The predicted octanol–water partition coefficient (Wildman–Crippen LogP) is 4.20. The molecule has 0 radical (unpaired) electrons. The zero-order chi connectivity index (χ0) is 24.8. The van der Waals surface area contributed by atoms with Crippen LogP contribution in [-0.4, -0.2) is 42.8 Å². The largest absolute Gasteiger partial charge is 0.497 e. The second kappa shape index (κ2) is 10.9. The summed E-state index contributed by atoms with van der Waals surface area (Å²) >= 11 is 3.45. The molecule has 1 aliphatic rings. The van der Waals surface area contributed by atoms with Crippen molar-refractivity contribution in [2.75, 3.05) is 20.3 Å². The zero-order valence-corrected chi connectivity index (χ0v) is 20.9. The third-order valence-electron chi connectivity index (χ3n) is 5.85. The van der Waals surface area contributed by atoms with Crippen LogP contribution in [0.5, 0.6) is 11.5 Å². The average molecular weight is 539 g/mol. The fourth-order valence-corrected chi connectivity index (χ4v) is 4.29. The Labute approximate surface area is 212 Å². The second-order valence-corrected chi connectivity index (χ2v) is 9.15. The number of aliphatic hydroxyl groups excluding tert-OH is 1. The van der Waals surface area contributed by atoms with Crippen LogP contribution in [0.25, 0.3) is 0 Å². The van der Waals surface area contributed by atoms with E-state index in [-0.39, 0.29) is 13.0 Å². The summed E-state index contributed by atoms with van der Waals surface area (Å²) in [6, 6.07) is 22.3. The van der Waals surface area contributed by atoms with Gasteiger partial charge in [-0.3, -0.25) is 4.79 Å². The number of methoxy groups -OCH3 is 1. The van der Waals surface area contributed by atoms with Crippen LogP contribution in [0.2, 0.25) is 0 Å². The van der Waals surface area contributed by atoms with E-state index in [2.05, 4.69) is 15.9 Å². The van der Waals surface area contributed by atoms with Crippen molar-refractivity contribution in [1.29, 1.82) is 0 Å². The van der Waals surface area contributed by atoms with E-state index in [4.69, 9.17) is 30.0 Å². The molecule has 3 N–H and O–H groups in total. The van der Waals surface area contributed by atoms with Crippen molar-refractivity contribution in [1.82, 2.24) is 0 Å². The molecule has 0 bridgehead atoms. The summed E-state index contributed by atoms with van der Waals surface area (Å²) in [6.07, 6.45) is 0.0783. The molecule has 0 saturated carbocycles. The smallest absolute Gasteiger partial charge is 0.250 e. The van der Waals surface area contributed by atoms with Gasteiger partial charge in [0, 0.05) is 29.5 Å². The molecule has 8 heteroatoms. The quantitative estimate of drug-likeness (QED) is 0.376. The van der Waals surface area contributed by atoms with Gasteiger partial charge in [-0.1, -0.05) is 40.2 Å². The molecular formula is C27H27BrN2O5. The van der Waals surface area contributed by atoms with E-state index in [9.17, 15) is 4.79 Å². The maximum atomic E-state index is 13.1. The van der Waals surface area contributed by atoms with Gasteiger partial charge in [-0.25, -0.2) is 4.99 Å². The number of halogens is 1. The van der Waals surface area contributed by atoms with E-state index in [1.165, 1.54) is 0 Å². The molecule has 3 aromatic rings. The molecule has 7 nitrogen and oxygen atoms in total. The van der Waals surface area contributed by atoms with Gasteiger partial charge in [-0.05, 0) is 59.7 Å². The summed E-state index contributed by atoms with van der Waals surface area (Å²) in [5, 5.41) is 8.94. The SMILES string of the molecule is COc1cccc([C@H]2OC(c3ccc(OCCCO)cc3)=N[C@@]2(Cc2ccc(Br)cc2)C(N)=O)c1. The Kier molecular flexibility index (Phi) is 7.73. The lowest BCUT2D eigenvalue weighted by Gasteiger charge is -2.29. The molecule has 0 aromatic heterocycles. The van der Waals surface area contributed by atoms with Gasteiger partial charge >= 0.3 is 0 Å². The Balaban J connectivity index is 1.73. The maximum absolute atomic E-state index is 13.1. The van der Waals surface area contributed by atoms with Gasteiger partial charge < -0.3 is 25.1 Å². The highest BCUT2D eigenvalue weighted by Gasteiger charge is 2.52. The third kappa shape index (κ3) is 5.49. The van der Waals surface area contributed by atoms with E-state index >= 15 is 0 Å². The summed E-state index contributed by atoms with van der Waals surface area (Å²) in [5.74, 6) is 1.06. The van der Waals surface area contributed by atoms with E-state index < -0.39 is 17.6 Å². The number of hydrogen-bond acceptors (Lipinski definition) is 6. The molecule has 3 aromatic carbocycles. The Hall–Kier alpha value is -3.36. The fraction of sp³-hybridized carbons (Fsp3) is 0.259. The van der Waals surface area contributed by atoms with Crippen molar-refractivity contribution >= 4 is 27.7 Å². The van der Waals surface area contributed by atoms with Gasteiger partial charge in [0.05, 0.1) is 13.7 Å². The normalized spacial score (nSPS) is 19.1. The Bertz CT molecular complexity index is 1200. The minimum absolute atomic E-state index is 0.0714. The van der Waals surface area contributed by atoms with Crippen molar-refractivity contribution in [3.05, 3.63) is 94.0 Å². The summed E-state index contributed by atoms with van der Waals surface area (Å²) in [6.45, 7) is 0.491. The lowest BCUT2D eigenvalue weighted by molar-refractivity contribution is -0.125. The molecule has 182 valence electrons. The average Bonchev–Trinajstić information content (AvgIpc) is 3.27. The van der Waals surface area contributed by atoms with E-state index in [1.807, 2.05) is 60.7 Å². The summed E-state index contributed by atoms with van der Waals surface area (Å²) < 4.78 is 18.3. The lowest BCUT2D eigenvalue weighted by atomic mass is 9.82. The number of hydrogen-bond donors (Lipinski definition) is 2. The van der Waals surface area contributed by atoms with Gasteiger partial charge in [0.25, 0.3) is 0 Å². The number of primary amides is 1. The van der Waals surface area contributed by atoms with E-state index in [0.717, 1.165) is 15.6 Å². The Morgan fingerprint density at radius 3 is 2.51 bits per heavy atom. The number of nitrogens with two attached hydrogens (primary N) is 1. The first-order chi connectivity index (χ1) is 16.9. The number of rotatable bonds is 10. The predicted molar refractivity (Wildman–Crippen MR) is 137 cm³/mol. The summed E-state index contributed by atoms with van der Waals surface area (Å²) in [7, 11) is 1.59. The van der Waals surface area contributed by atoms with Crippen LogP contribution >= 0.6 is 15.9 Å². The van der Waals surface area contributed by atoms with Crippen molar-refractivity contribution in [3.63, 3.8) is 0 Å². The summed E-state index contributed by atoms with van der Waals surface area (Å²) in [5.41, 5.74) is 7.02. The van der Waals surface area contributed by atoms with Crippen LogP contribution in [0.15, 0.2) is 82.3 Å². The number of nitrogens with zero attached hydrogens (tertiary/aromatic N) is 1. The second-order valence-electron chi connectivity index (χ2n) is 8.23. The highest BCUT2D eigenvalue weighted by molar-refractivity contribution is 9.10.